The van der Waals surface area contributed by atoms with Crippen molar-refractivity contribution in [3.05, 3.63) is 30.3 Å². The third kappa shape index (κ3) is 2.05. The highest BCUT2D eigenvalue weighted by Gasteiger charge is 1.86. The number of hydrogen-bond acceptors (Lipinski definition) is 1. The van der Waals surface area contributed by atoms with Gasteiger partial charge in [0.2, 0.25) is 0 Å². The number of halogens is 1. The molecule has 0 spiro atoms. The lowest BCUT2D eigenvalue weighted by Crippen LogP contribution is -2.02. The summed E-state index contributed by atoms with van der Waals surface area (Å²) in [6, 6.07) is 10.3. The number of benzene rings is 1. The highest BCUT2D eigenvalue weighted by molar-refractivity contribution is 5.40. The normalized spacial score (nSPS) is 9.30. The maximum Gasteiger partial charge on any atom is 0.107 e. The van der Waals surface area contributed by atoms with Crippen LogP contribution in [-0.4, -0.2) is 13.2 Å². The number of alkyl halides is 1. The monoisotopic (exact) mass is 138 g/mol. The van der Waals surface area contributed by atoms with Crippen molar-refractivity contribution in [1.29, 1.82) is 0 Å². The third-order valence-electron chi connectivity index (χ3n) is 1.12. The van der Waals surface area contributed by atoms with Crippen LogP contribution in [0.1, 0.15) is 0 Å². The maximum atomic E-state index is 11.6. The molecular weight excluding hydrogens is 129 g/mol. The lowest BCUT2D eigenvalue weighted by molar-refractivity contribution is 0.513. The van der Waals surface area contributed by atoms with E-state index in [-0.39, 0.29) is 6.67 Å². The van der Waals surface area contributed by atoms with Gasteiger partial charge in [-0.15, -0.1) is 0 Å². The fourth-order valence-electron chi connectivity index (χ4n) is 0.685. The van der Waals surface area contributed by atoms with E-state index in [0.29, 0.717) is 6.54 Å². The van der Waals surface area contributed by atoms with Crippen molar-refractivity contribution < 1.29 is 4.39 Å². The van der Waals surface area contributed by atoms with Gasteiger partial charge >= 0.3 is 0 Å². The minimum absolute atomic E-state index is 0.345. The van der Waals surface area contributed by atoms with Crippen LogP contribution in [-0.2, 0) is 0 Å². The number of anilines is 1. The van der Waals surface area contributed by atoms with Crippen molar-refractivity contribution in [3.63, 3.8) is 0 Å². The molecule has 0 heterocycles. The van der Waals surface area contributed by atoms with Crippen LogP contribution >= 0.6 is 0 Å². The van der Waals surface area contributed by atoms with Crippen LogP contribution in [0.2, 0.25) is 0 Å². The molecule has 1 nitrogen and oxygen atoms in total. The Kier molecular flexibility index (Phi) is 2.74. The van der Waals surface area contributed by atoms with Gasteiger partial charge in [0.1, 0.15) is 6.67 Å². The van der Waals surface area contributed by atoms with E-state index >= 15 is 0 Å². The van der Waals surface area contributed by atoms with Gasteiger partial charge < -0.3 is 5.32 Å². The van der Waals surface area contributed by atoms with E-state index < -0.39 is 0 Å². The molecule has 1 aromatic rings. The second kappa shape index (κ2) is 3.88. The summed E-state index contributed by atoms with van der Waals surface area (Å²) in [7, 11) is 0. The molecular formula is C8H9FN. The van der Waals surface area contributed by atoms with Crippen LogP contribution in [0.3, 0.4) is 0 Å². The Hall–Kier alpha value is -1.05. The Bertz CT molecular complexity index is 174. The fourth-order valence-corrected chi connectivity index (χ4v) is 0.685. The molecule has 1 rings (SSSR count). The summed E-state index contributed by atoms with van der Waals surface area (Å²) in [6.07, 6.45) is 0. The zero-order valence-corrected chi connectivity index (χ0v) is 5.60. The maximum absolute atomic E-state index is 11.6. The zero-order valence-electron chi connectivity index (χ0n) is 5.60. The van der Waals surface area contributed by atoms with Gasteiger partial charge in [0.05, 0.1) is 0 Å². The first-order valence-electron chi connectivity index (χ1n) is 3.20. The minimum atomic E-state index is -0.345. The molecule has 10 heavy (non-hydrogen) atoms. The zero-order chi connectivity index (χ0) is 7.23. The number of rotatable bonds is 3. The van der Waals surface area contributed by atoms with Gasteiger partial charge in [-0.3, -0.25) is 0 Å². The fraction of sp³-hybridized carbons (Fsp3) is 0.250. The summed E-state index contributed by atoms with van der Waals surface area (Å²) >= 11 is 0. The molecule has 0 saturated heterocycles. The van der Waals surface area contributed by atoms with E-state index in [1.54, 1.807) is 6.07 Å². The second-order valence-electron chi connectivity index (χ2n) is 1.89. The molecule has 0 bridgehead atoms. The van der Waals surface area contributed by atoms with E-state index in [1.165, 1.54) is 0 Å². The van der Waals surface area contributed by atoms with Crippen LogP contribution in [0.4, 0.5) is 10.1 Å². The quantitative estimate of drug-likeness (QED) is 0.672. The van der Waals surface area contributed by atoms with Crippen LogP contribution in [0.15, 0.2) is 24.3 Å². The number of hydrogen-bond donors (Lipinski definition) is 1. The van der Waals surface area contributed by atoms with Gasteiger partial charge in [-0.1, -0.05) is 18.2 Å². The molecule has 0 aromatic heterocycles. The van der Waals surface area contributed by atoms with Crippen molar-refractivity contribution in [2.24, 2.45) is 0 Å². The lowest BCUT2D eigenvalue weighted by Gasteiger charge is -2.00. The van der Waals surface area contributed by atoms with E-state index in [0.717, 1.165) is 5.69 Å². The first kappa shape index (κ1) is 7.06. The van der Waals surface area contributed by atoms with Crippen molar-refractivity contribution >= 4 is 5.69 Å². The molecule has 2 heteroatoms. The Morgan fingerprint density at radius 1 is 1.50 bits per heavy atom. The molecule has 0 atom stereocenters. The average Bonchev–Trinajstić information content (AvgIpc) is 2.03. The Morgan fingerprint density at radius 3 is 3.00 bits per heavy atom. The van der Waals surface area contributed by atoms with Gasteiger partial charge in [-0.05, 0) is 6.07 Å². The molecule has 0 amide bonds. The second-order valence-corrected chi connectivity index (χ2v) is 1.89. The standard InChI is InChI=1S/C8H9FN/c9-6-7-10-8-4-2-1-3-5-8/h1-4,10H,6-7H2. The molecule has 0 aliphatic carbocycles. The van der Waals surface area contributed by atoms with Gasteiger partial charge in [-0.25, -0.2) is 4.39 Å². The molecule has 0 saturated carbocycles. The summed E-state index contributed by atoms with van der Waals surface area (Å²) in [5.74, 6) is 0. The highest BCUT2D eigenvalue weighted by Crippen LogP contribution is 2.02. The predicted octanol–water partition coefficient (Wildman–Crippen LogP) is 1.87. The van der Waals surface area contributed by atoms with Gasteiger partial charge in [-0.2, -0.15) is 0 Å². The molecule has 0 aliphatic heterocycles. The Balaban J connectivity index is 2.43. The predicted molar refractivity (Wildman–Crippen MR) is 39.7 cm³/mol. The van der Waals surface area contributed by atoms with E-state index in [4.69, 9.17) is 0 Å². The summed E-state index contributed by atoms with van der Waals surface area (Å²) < 4.78 is 11.6. The summed E-state index contributed by atoms with van der Waals surface area (Å²) in [5, 5.41) is 2.86. The smallest absolute Gasteiger partial charge is 0.107 e. The summed E-state index contributed by atoms with van der Waals surface area (Å²) in [5.41, 5.74) is 0.847. The average molecular weight is 138 g/mol. The van der Waals surface area contributed by atoms with Crippen molar-refractivity contribution in [1.82, 2.24) is 0 Å². The first-order valence-corrected chi connectivity index (χ1v) is 3.20. The van der Waals surface area contributed by atoms with Crippen molar-refractivity contribution in [2.45, 2.75) is 0 Å². The van der Waals surface area contributed by atoms with Gasteiger partial charge in [0.25, 0.3) is 0 Å². The molecule has 1 aromatic carbocycles. The minimum Gasteiger partial charge on any atom is -0.382 e. The SMILES string of the molecule is FCCNc1[c]cccc1. The van der Waals surface area contributed by atoms with Crippen LogP contribution in [0, 0.1) is 6.07 Å². The topological polar surface area (TPSA) is 12.0 Å². The third-order valence-corrected chi connectivity index (χ3v) is 1.12. The van der Waals surface area contributed by atoms with Gasteiger partial charge in [0.15, 0.2) is 0 Å². The Labute approximate surface area is 59.9 Å². The molecule has 1 radical (unpaired) electrons. The summed E-state index contributed by atoms with van der Waals surface area (Å²) in [6.45, 7) is 0.0171. The summed E-state index contributed by atoms with van der Waals surface area (Å²) in [4.78, 5) is 0. The van der Waals surface area contributed by atoms with Crippen LogP contribution < -0.4 is 5.32 Å². The first-order chi connectivity index (χ1) is 4.93. The number of para-hydroxylation sites is 1. The van der Waals surface area contributed by atoms with Gasteiger partial charge in [0, 0.05) is 18.3 Å². The number of nitrogens with one attached hydrogen (secondary N) is 1. The largest absolute Gasteiger partial charge is 0.382 e. The van der Waals surface area contributed by atoms with E-state index in [1.807, 2.05) is 18.2 Å². The molecule has 53 valence electrons. The molecule has 1 N–H and O–H groups in total. The Morgan fingerprint density at radius 2 is 2.40 bits per heavy atom. The van der Waals surface area contributed by atoms with E-state index in [9.17, 15) is 4.39 Å². The van der Waals surface area contributed by atoms with Crippen molar-refractivity contribution in [2.75, 3.05) is 18.5 Å². The molecule has 0 aliphatic rings. The highest BCUT2D eigenvalue weighted by atomic mass is 19.1. The van der Waals surface area contributed by atoms with Crippen molar-refractivity contribution in [3.8, 4) is 0 Å². The molecule has 0 unspecified atom stereocenters. The van der Waals surface area contributed by atoms with E-state index in [2.05, 4.69) is 11.4 Å². The van der Waals surface area contributed by atoms with Crippen LogP contribution in [0.25, 0.3) is 0 Å². The van der Waals surface area contributed by atoms with Crippen LogP contribution in [0.5, 0.6) is 0 Å². The lowest BCUT2D eigenvalue weighted by atomic mass is 10.3. The molecule has 0 fully saturated rings.